The Morgan fingerprint density at radius 2 is 1.71 bits per heavy atom. The molecule has 4 heteroatoms. The minimum atomic E-state index is -0.00414. The maximum absolute atomic E-state index is 6.22. The van der Waals surface area contributed by atoms with Crippen LogP contribution in [-0.2, 0) is 0 Å². The molecule has 1 aromatic rings. The molecule has 0 aromatic heterocycles. The average Bonchev–Trinajstić information content (AvgIpc) is 2.43. The average molecular weight is 331 g/mol. The minimum absolute atomic E-state index is 0.00414. The van der Waals surface area contributed by atoms with E-state index in [2.05, 4.69) is 50.9 Å². The summed E-state index contributed by atoms with van der Waals surface area (Å²) in [7, 11) is 0. The van der Waals surface area contributed by atoms with Crippen LogP contribution in [0.1, 0.15) is 52.6 Å². The van der Waals surface area contributed by atoms with Crippen LogP contribution in [-0.4, -0.2) is 30.1 Å². The molecule has 1 unspecified atom stereocenters. The Morgan fingerprint density at radius 3 is 2.19 bits per heavy atom. The number of nitrogens with zero attached hydrogens (tertiary/aromatic N) is 1. The van der Waals surface area contributed by atoms with Gasteiger partial charge in [0.2, 0.25) is 0 Å². The van der Waals surface area contributed by atoms with Crippen molar-refractivity contribution in [2.45, 2.75) is 52.6 Å². The summed E-state index contributed by atoms with van der Waals surface area (Å²) in [6.07, 6.45) is 1.10. The molecule has 0 heterocycles. The molecule has 0 bridgehead atoms. The van der Waals surface area contributed by atoms with Crippen LogP contribution in [0.15, 0.2) is 18.2 Å². The van der Waals surface area contributed by atoms with E-state index in [0.717, 1.165) is 26.1 Å². The molecule has 0 aliphatic carbocycles. The first kappa shape index (κ1) is 18.8. The van der Waals surface area contributed by atoms with Crippen molar-refractivity contribution in [2.75, 3.05) is 19.6 Å². The fourth-order valence-corrected chi connectivity index (χ4v) is 3.28. The summed E-state index contributed by atoms with van der Waals surface area (Å²) in [5.41, 5.74) is 1.19. The molecular formula is C17H28Cl2N2. The van der Waals surface area contributed by atoms with Gasteiger partial charge in [-0.3, -0.25) is 4.90 Å². The van der Waals surface area contributed by atoms with E-state index < -0.39 is 0 Å². The zero-order valence-electron chi connectivity index (χ0n) is 13.8. The molecule has 1 N–H and O–H groups in total. The van der Waals surface area contributed by atoms with E-state index in [1.807, 2.05) is 12.1 Å². The highest BCUT2D eigenvalue weighted by Gasteiger charge is 2.34. The first-order valence-corrected chi connectivity index (χ1v) is 8.57. The van der Waals surface area contributed by atoms with Crippen molar-refractivity contribution in [1.82, 2.24) is 10.2 Å². The Balaban J connectivity index is 3.17. The van der Waals surface area contributed by atoms with Crippen LogP contribution in [0.2, 0.25) is 10.0 Å². The molecule has 1 rings (SSSR count). The summed E-state index contributed by atoms with van der Waals surface area (Å²) < 4.78 is 0. The van der Waals surface area contributed by atoms with E-state index in [9.17, 15) is 0 Å². The predicted molar refractivity (Wildman–Crippen MR) is 94.5 cm³/mol. The van der Waals surface area contributed by atoms with Crippen molar-refractivity contribution in [3.63, 3.8) is 0 Å². The summed E-state index contributed by atoms with van der Waals surface area (Å²) in [5.74, 6) is 0. The molecule has 1 atom stereocenters. The van der Waals surface area contributed by atoms with Crippen LogP contribution in [0.5, 0.6) is 0 Å². The second-order valence-corrected chi connectivity index (χ2v) is 6.70. The van der Waals surface area contributed by atoms with E-state index in [1.165, 1.54) is 5.56 Å². The van der Waals surface area contributed by atoms with Crippen molar-refractivity contribution in [3.05, 3.63) is 33.8 Å². The zero-order chi connectivity index (χ0) is 16.0. The lowest BCUT2D eigenvalue weighted by Gasteiger charge is -2.44. The highest BCUT2D eigenvalue weighted by Crippen LogP contribution is 2.34. The number of nitrogens with one attached hydrogen (secondary N) is 1. The number of hydrogen-bond donors (Lipinski definition) is 1. The van der Waals surface area contributed by atoms with Crippen molar-refractivity contribution >= 4 is 23.2 Å². The number of likely N-dealkylation sites (N-methyl/N-ethyl adjacent to an activating group) is 1. The molecule has 0 aliphatic rings. The molecule has 0 saturated carbocycles. The molecule has 0 fully saturated rings. The SMILES string of the molecule is CCCNC(c1ccc(Cl)c(Cl)c1)C(C)(C)N(CC)CC. The largest absolute Gasteiger partial charge is 0.308 e. The molecule has 0 spiro atoms. The van der Waals surface area contributed by atoms with Gasteiger partial charge in [-0.15, -0.1) is 0 Å². The van der Waals surface area contributed by atoms with E-state index >= 15 is 0 Å². The molecule has 120 valence electrons. The van der Waals surface area contributed by atoms with Gasteiger partial charge in [0.05, 0.1) is 16.1 Å². The molecule has 21 heavy (non-hydrogen) atoms. The molecule has 0 amide bonds. The second kappa shape index (κ2) is 8.38. The van der Waals surface area contributed by atoms with Gasteiger partial charge in [0.1, 0.15) is 0 Å². The van der Waals surface area contributed by atoms with Gasteiger partial charge in [0.25, 0.3) is 0 Å². The third kappa shape index (κ3) is 4.59. The summed E-state index contributed by atoms with van der Waals surface area (Å²) in [5, 5.41) is 4.90. The highest BCUT2D eigenvalue weighted by atomic mass is 35.5. The minimum Gasteiger partial charge on any atom is -0.308 e. The lowest BCUT2D eigenvalue weighted by molar-refractivity contribution is 0.0912. The summed E-state index contributed by atoms with van der Waals surface area (Å²) >= 11 is 12.3. The lowest BCUT2D eigenvalue weighted by atomic mass is 9.86. The van der Waals surface area contributed by atoms with Crippen molar-refractivity contribution in [3.8, 4) is 0 Å². The molecule has 0 saturated heterocycles. The van der Waals surface area contributed by atoms with Gasteiger partial charge in [-0.25, -0.2) is 0 Å². The van der Waals surface area contributed by atoms with Crippen LogP contribution < -0.4 is 5.32 Å². The molecule has 2 nitrogen and oxygen atoms in total. The van der Waals surface area contributed by atoms with E-state index in [1.54, 1.807) is 0 Å². The fourth-order valence-electron chi connectivity index (χ4n) is 2.98. The van der Waals surface area contributed by atoms with Gasteiger partial charge in [0.15, 0.2) is 0 Å². The maximum Gasteiger partial charge on any atom is 0.0595 e. The third-order valence-corrected chi connectivity index (χ3v) is 4.90. The summed E-state index contributed by atoms with van der Waals surface area (Å²) in [6.45, 7) is 14.2. The van der Waals surface area contributed by atoms with E-state index in [4.69, 9.17) is 23.2 Å². The van der Waals surface area contributed by atoms with Gasteiger partial charge in [-0.05, 0) is 57.6 Å². The van der Waals surface area contributed by atoms with Gasteiger partial charge in [-0.2, -0.15) is 0 Å². The Kier molecular flexibility index (Phi) is 7.49. The van der Waals surface area contributed by atoms with E-state index in [0.29, 0.717) is 10.0 Å². The predicted octanol–water partition coefficient (Wildman–Crippen LogP) is 5.15. The quantitative estimate of drug-likeness (QED) is 0.708. The monoisotopic (exact) mass is 330 g/mol. The standard InChI is InChI=1S/C17H28Cl2N2/c1-6-11-20-16(17(4,5)21(7-2)8-3)13-9-10-14(18)15(19)12-13/h9-10,12,16,20H,6-8,11H2,1-5H3. The Hall–Kier alpha value is -0.280. The third-order valence-electron chi connectivity index (χ3n) is 4.16. The normalized spacial score (nSPS) is 13.7. The number of halogens is 2. The summed E-state index contributed by atoms with van der Waals surface area (Å²) in [4.78, 5) is 2.48. The van der Waals surface area contributed by atoms with Crippen molar-refractivity contribution in [1.29, 1.82) is 0 Å². The molecule has 0 radical (unpaired) electrons. The Labute approximate surface area is 139 Å². The van der Waals surface area contributed by atoms with Crippen LogP contribution in [0.3, 0.4) is 0 Å². The van der Waals surface area contributed by atoms with Crippen LogP contribution >= 0.6 is 23.2 Å². The second-order valence-electron chi connectivity index (χ2n) is 5.89. The molecule has 1 aromatic carbocycles. The smallest absolute Gasteiger partial charge is 0.0595 e. The Bertz CT molecular complexity index is 442. The first-order valence-electron chi connectivity index (χ1n) is 7.81. The van der Waals surface area contributed by atoms with Gasteiger partial charge in [-0.1, -0.05) is 50.0 Å². The highest BCUT2D eigenvalue weighted by molar-refractivity contribution is 6.42. The lowest BCUT2D eigenvalue weighted by Crippen LogP contribution is -2.52. The maximum atomic E-state index is 6.22. The van der Waals surface area contributed by atoms with Gasteiger partial charge < -0.3 is 5.32 Å². The van der Waals surface area contributed by atoms with Crippen molar-refractivity contribution < 1.29 is 0 Å². The zero-order valence-corrected chi connectivity index (χ0v) is 15.4. The number of benzene rings is 1. The van der Waals surface area contributed by atoms with E-state index in [-0.39, 0.29) is 11.6 Å². The summed E-state index contributed by atoms with van der Waals surface area (Å²) in [6, 6.07) is 6.17. The van der Waals surface area contributed by atoms with Crippen LogP contribution in [0.25, 0.3) is 0 Å². The van der Waals surface area contributed by atoms with Crippen LogP contribution in [0, 0.1) is 0 Å². The van der Waals surface area contributed by atoms with Crippen LogP contribution in [0.4, 0.5) is 0 Å². The van der Waals surface area contributed by atoms with Crippen molar-refractivity contribution in [2.24, 2.45) is 0 Å². The number of hydrogen-bond acceptors (Lipinski definition) is 2. The van der Waals surface area contributed by atoms with Gasteiger partial charge >= 0.3 is 0 Å². The first-order chi connectivity index (χ1) is 9.88. The fraction of sp³-hybridized carbons (Fsp3) is 0.647. The number of rotatable bonds is 8. The molecular weight excluding hydrogens is 303 g/mol. The topological polar surface area (TPSA) is 15.3 Å². The molecule has 0 aliphatic heterocycles. The van der Waals surface area contributed by atoms with Gasteiger partial charge in [0, 0.05) is 5.54 Å². The Morgan fingerprint density at radius 1 is 1.10 bits per heavy atom.